The first-order chi connectivity index (χ1) is 5.77. The molecule has 2 saturated carbocycles. The van der Waals surface area contributed by atoms with Gasteiger partial charge < -0.3 is 4.74 Å². The van der Waals surface area contributed by atoms with E-state index >= 15 is 0 Å². The van der Waals surface area contributed by atoms with Gasteiger partial charge in [0.15, 0.2) is 0 Å². The van der Waals surface area contributed by atoms with Crippen LogP contribution in [-0.2, 0) is 9.53 Å². The summed E-state index contributed by atoms with van der Waals surface area (Å²) < 4.78 is 4.85. The third-order valence-electron chi connectivity index (χ3n) is 2.99. The molecule has 0 aromatic heterocycles. The maximum Gasteiger partial charge on any atom is 0.330 e. The number of esters is 1. The molecule has 2 rings (SSSR count). The van der Waals surface area contributed by atoms with Gasteiger partial charge in [0.1, 0.15) is 0 Å². The minimum absolute atomic E-state index is 0.154. The highest BCUT2D eigenvalue weighted by molar-refractivity contribution is 5.83. The van der Waals surface area contributed by atoms with E-state index in [9.17, 15) is 4.79 Å². The third-order valence-corrected chi connectivity index (χ3v) is 2.99. The van der Waals surface area contributed by atoms with Crippen LogP contribution in [0.25, 0.3) is 0 Å². The molecule has 2 nitrogen and oxygen atoms in total. The van der Waals surface area contributed by atoms with Crippen LogP contribution in [0.1, 0.15) is 32.6 Å². The van der Waals surface area contributed by atoms with Crippen LogP contribution in [0.3, 0.4) is 0 Å². The molecule has 0 aromatic carbocycles. The molecule has 12 heavy (non-hydrogen) atoms. The Morgan fingerprint density at radius 1 is 1.58 bits per heavy atom. The molecule has 2 heteroatoms. The second-order valence-corrected chi connectivity index (χ2v) is 3.70. The van der Waals surface area contributed by atoms with Gasteiger partial charge in [-0.2, -0.15) is 0 Å². The van der Waals surface area contributed by atoms with Gasteiger partial charge in [-0.3, -0.25) is 0 Å². The van der Waals surface area contributed by atoms with Crippen molar-refractivity contribution in [2.45, 2.75) is 32.6 Å². The van der Waals surface area contributed by atoms with Gasteiger partial charge in [0.25, 0.3) is 0 Å². The van der Waals surface area contributed by atoms with Crippen molar-refractivity contribution in [3.63, 3.8) is 0 Å². The average Bonchev–Trinajstić information content (AvgIpc) is 2.79. The van der Waals surface area contributed by atoms with Gasteiger partial charge in [-0.25, -0.2) is 4.79 Å². The summed E-state index contributed by atoms with van der Waals surface area (Å²) in [7, 11) is 0. The monoisotopic (exact) mass is 166 g/mol. The molecule has 0 N–H and O–H groups in total. The predicted octanol–water partition coefficient (Wildman–Crippen LogP) is 2.05. The molecule has 0 amide bonds. The maximum atomic E-state index is 11.1. The lowest BCUT2D eigenvalue weighted by Gasteiger charge is -2.29. The van der Waals surface area contributed by atoms with Crippen molar-refractivity contribution in [2.75, 3.05) is 6.61 Å². The number of allylic oxidation sites excluding steroid dienone is 1. The smallest absolute Gasteiger partial charge is 0.330 e. The van der Waals surface area contributed by atoms with Gasteiger partial charge >= 0.3 is 5.97 Å². The van der Waals surface area contributed by atoms with Crippen LogP contribution in [0.15, 0.2) is 11.6 Å². The van der Waals surface area contributed by atoms with E-state index in [4.69, 9.17) is 4.74 Å². The molecule has 66 valence electrons. The number of rotatable bonds is 2. The highest BCUT2D eigenvalue weighted by Gasteiger charge is 2.51. The molecule has 0 aliphatic heterocycles. The van der Waals surface area contributed by atoms with E-state index in [0.717, 1.165) is 6.42 Å². The summed E-state index contributed by atoms with van der Waals surface area (Å²) in [5.41, 5.74) is 1.81. The quantitative estimate of drug-likeness (QED) is 0.463. The number of carbonyl (C=O) groups excluding carboxylic acids is 1. The molecule has 0 radical (unpaired) electrons. The molecular weight excluding hydrogens is 152 g/mol. The Bertz CT molecular complexity index is 236. The van der Waals surface area contributed by atoms with Gasteiger partial charge in [0.05, 0.1) is 6.61 Å². The Labute approximate surface area is 72.6 Å². The number of ether oxygens (including phenoxy) is 1. The van der Waals surface area contributed by atoms with Gasteiger partial charge in [0.2, 0.25) is 0 Å². The first-order valence-corrected chi connectivity index (χ1v) is 4.65. The topological polar surface area (TPSA) is 26.3 Å². The van der Waals surface area contributed by atoms with E-state index in [1.165, 1.54) is 24.8 Å². The zero-order chi connectivity index (χ0) is 8.60. The van der Waals surface area contributed by atoms with Crippen molar-refractivity contribution in [1.82, 2.24) is 0 Å². The van der Waals surface area contributed by atoms with Crippen molar-refractivity contribution in [2.24, 2.45) is 5.41 Å². The largest absolute Gasteiger partial charge is 0.463 e. The van der Waals surface area contributed by atoms with E-state index in [1.807, 2.05) is 6.92 Å². The van der Waals surface area contributed by atoms with Crippen molar-refractivity contribution in [1.29, 1.82) is 0 Å². The van der Waals surface area contributed by atoms with Crippen molar-refractivity contribution in [3.05, 3.63) is 11.6 Å². The molecule has 1 spiro atoms. The Kier molecular flexibility index (Phi) is 1.71. The first kappa shape index (κ1) is 7.84. The Hall–Kier alpha value is -0.790. The van der Waals surface area contributed by atoms with Crippen LogP contribution in [0.4, 0.5) is 0 Å². The third kappa shape index (κ3) is 1.15. The SMILES string of the molecule is CCOC(=O)/C=C1\CCC12CC2. The Morgan fingerprint density at radius 2 is 2.33 bits per heavy atom. The Morgan fingerprint density at radius 3 is 2.75 bits per heavy atom. The van der Waals surface area contributed by atoms with E-state index < -0.39 is 0 Å². The van der Waals surface area contributed by atoms with Crippen LogP contribution < -0.4 is 0 Å². The molecule has 0 heterocycles. The van der Waals surface area contributed by atoms with Crippen LogP contribution in [0, 0.1) is 5.41 Å². The highest BCUT2D eigenvalue weighted by atomic mass is 16.5. The number of hydrogen-bond donors (Lipinski definition) is 0. The summed E-state index contributed by atoms with van der Waals surface area (Å²) in [4.78, 5) is 11.1. The zero-order valence-corrected chi connectivity index (χ0v) is 7.43. The average molecular weight is 166 g/mol. The molecule has 2 aliphatic rings. The van der Waals surface area contributed by atoms with Crippen LogP contribution >= 0.6 is 0 Å². The molecule has 0 unspecified atom stereocenters. The van der Waals surface area contributed by atoms with Gasteiger partial charge in [-0.05, 0) is 38.0 Å². The lowest BCUT2D eigenvalue weighted by Crippen LogP contribution is -2.18. The van der Waals surface area contributed by atoms with Gasteiger partial charge in [-0.1, -0.05) is 5.57 Å². The summed E-state index contributed by atoms with van der Waals surface area (Å²) in [6, 6.07) is 0. The summed E-state index contributed by atoms with van der Waals surface area (Å²) in [5.74, 6) is -0.154. The normalized spacial score (nSPS) is 26.9. The summed E-state index contributed by atoms with van der Waals surface area (Å²) >= 11 is 0. The van der Waals surface area contributed by atoms with Crippen LogP contribution in [0.5, 0.6) is 0 Å². The maximum absolute atomic E-state index is 11.1. The summed E-state index contributed by atoms with van der Waals surface area (Å²) in [6.45, 7) is 2.32. The second kappa shape index (κ2) is 2.61. The van der Waals surface area contributed by atoms with E-state index in [1.54, 1.807) is 6.08 Å². The molecule has 0 bridgehead atoms. The minimum Gasteiger partial charge on any atom is -0.463 e. The van der Waals surface area contributed by atoms with E-state index in [0.29, 0.717) is 12.0 Å². The van der Waals surface area contributed by atoms with Crippen molar-refractivity contribution >= 4 is 5.97 Å². The molecule has 0 atom stereocenters. The molecular formula is C10H14O2. The van der Waals surface area contributed by atoms with Crippen LogP contribution in [0.2, 0.25) is 0 Å². The first-order valence-electron chi connectivity index (χ1n) is 4.65. The minimum atomic E-state index is -0.154. The predicted molar refractivity (Wildman–Crippen MR) is 45.6 cm³/mol. The van der Waals surface area contributed by atoms with E-state index in [-0.39, 0.29) is 5.97 Å². The standard InChI is InChI=1S/C10H14O2/c1-2-12-9(11)7-8-3-4-10(8)5-6-10/h7H,2-6H2,1H3/b8-7+. The number of carbonyl (C=O) groups is 1. The molecule has 0 aromatic rings. The molecule has 2 aliphatic carbocycles. The van der Waals surface area contributed by atoms with Gasteiger partial charge in [-0.15, -0.1) is 0 Å². The van der Waals surface area contributed by atoms with E-state index in [2.05, 4.69) is 0 Å². The van der Waals surface area contributed by atoms with Crippen molar-refractivity contribution in [3.8, 4) is 0 Å². The lowest BCUT2D eigenvalue weighted by atomic mass is 9.76. The zero-order valence-electron chi connectivity index (χ0n) is 7.43. The lowest BCUT2D eigenvalue weighted by molar-refractivity contribution is -0.137. The summed E-state index contributed by atoms with van der Waals surface area (Å²) in [6.07, 6.45) is 6.69. The van der Waals surface area contributed by atoms with Gasteiger partial charge in [0, 0.05) is 6.08 Å². The number of hydrogen-bond acceptors (Lipinski definition) is 2. The fourth-order valence-corrected chi connectivity index (χ4v) is 1.90. The highest BCUT2D eigenvalue weighted by Crippen LogP contribution is 2.64. The Balaban J connectivity index is 1.95. The van der Waals surface area contributed by atoms with Crippen LogP contribution in [-0.4, -0.2) is 12.6 Å². The fraction of sp³-hybridized carbons (Fsp3) is 0.700. The molecule has 0 saturated heterocycles. The second-order valence-electron chi connectivity index (χ2n) is 3.70. The summed E-state index contributed by atoms with van der Waals surface area (Å²) in [5, 5.41) is 0. The molecule has 2 fully saturated rings. The van der Waals surface area contributed by atoms with Crippen molar-refractivity contribution < 1.29 is 9.53 Å². The fourth-order valence-electron chi connectivity index (χ4n) is 1.90.